The average Bonchev–Trinajstić information content (AvgIpc) is 2.79. The second-order valence-electron chi connectivity index (χ2n) is 6.86. The number of hydrogen-bond acceptors (Lipinski definition) is 8. The number of non-ortho nitro benzene ring substituents is 1. The van der Waals surface area contributed by atoms with Gasteiger partial charge in [-0.05, 0) is 24.3 Å². The van der Waals surface area contributed by atoms with Crippen molar-refractivity contribution in [2.45, 2.75) is 9.79 Å². The van der Waals surface area contributed by atoms with Crippen molar-refractivity contribution in [2.75, 3.05) is 39.4 Å². The van der Waals surface area contributed by atoms with Crippen molar-refractivity contribution in [3.05, 3.63) is 52.6 Å². The maximum atomic E-state index is 13.0. The minimum absolute atomic E-state index is 0.0248. The zero-order valence-corrected chi connectivity index (χ0v) is 17.8. The molecule has 0 atom stereocenters. The second-order valence-corrected chi connectivity index (χ2v) is 10.7. The monoisotopic (exact) mass is 469 g/mol. The Morgan fingerprint density at radius 2 is 1.23 bits per heavy atom. The lowest BCUT2D eigenvalue weighted by Crippen LogP contribution is -2.50. The van der Waals surface area contributed by atoms with E-state index in [9.17, 15) is 26.9 Å². The molecule has 11 nitrogen and oxygen atoms in total. The van der Waals surface area contributed by atoms with Gasteiger partial charge in [-0.25, -0.2) is 16.8 Å². The molecule has 13 heteroatoms. The molecule has 0 unspecified atom stereocenters. The molecule has 2 aliphatic rings. The van der Waals surface area contributed by atoms with Gasteiger partial charge in [-0.15, -0.1) is 0 Å². The van der Waals surface area contributed by atoms with Crippen LogP contribution in [0.3, 0.4) is 0 Å². The summed E-state index contributed by atoms with van der Waals surface area (Å²) < 4.78 is 64.9. The number of sulfonamides is 2. The molecule has 0 amide bonds. The summed E-state index contributed by atoms with van der Waals surface area (Å²) in [6.45, 7) is 0.595. The van der Waals surface area contributed by atoms with Gasteiger partial charge in [0, 0.05) is 44.4 Å². The molecule has 31 heavy (non-hydrogen) atoms. The van der Waals surface area contributed by atoms with E-state index in [4.69, 9.17) is 9.47 Å². The smallest absolute Gasteiger partial charge is 0.269 e. The van der Waals surface area contributed by atoms with Gasteiger partial charge in [0.05, 0.1) is 14.7 Å². The highest BCUT2D eigenvalue weighted by molar-refractivity contribution is 7.89. The molecule has 2 aliphatic heterocycles. The number of fused-ring (bicyclic) bond motifs is 1. The lowest BCUT2D eigenvalue weighted by atomic mass is 10.3. The van der Waals surface area contributed by atoms with Gasteiger partial charge in [0.25, 0.3) is 5.69 Å². The van der Waals surface area contributed by atoms with Crippen LogP contribution in [0.25, 0.3) is 0 Å². The summed E-state index contributed by atoms with van der Waals surface area (Å²) in [6.07, 6.45) is 0. The van der Waals surface area contributed by atoms with Gasteiger partial charge < -0.3 is 9.47 Å². The predicted octanol–water partition coefficient (Wildman–Crippen LogP) is 1.06. The van der Waals surface area contributed by atoms with Crippen LogP contribution < -0.4 is 9.47 Å². The zero-order valence-electron chi connectivity index (χ0n) is 16.2. The Labute approximate surface area is 179 Å². The number of benzene rings is 2. The summed E-state index contributed by atoms with van der Waals surface area (Å²) in [6, 6.07) is 8.96. The Bertz CT molecular complexity index is 1200. The quantitative estimate of drug-likeness (QED) is 0.468. The Balaban J connectivity index is 1.48. The molecule has 2 heterocycles. The van der Waals surface area contributed by atoms with E-state index in [1.807, 2.05) is 0 Å². The van der Waals surface area contributed by atoms with Gasteiger partial charge in [-0.1, -0.05) is 0 Å². The molecule has 4 rings (SSSR count). The average molecular weight is 469 g/mol. The highest BCUT2D eigenvalue weighted by Gasteiger charge is 2.34. The third kappa shape index (κ3) is 4.08. The highest BCUT2D eigenvalue weighted by Crippen LogP contribution is 2.33. The summed E-state index contributed by atoms with van der Waals surface area (Å²) in [5, 5.41) is 10.8. The summed E-state index contributed by atoms with van der Waals surface area (Å²) in [5.41, 5.74) is -0.214. The lowest BCUT2D eigenvalue weighted by molar-refractivity contribution is -0.384. The molecule has 0 radical (unpaired) electrons. The molecule has 0 aliphatic carbocycles. The number of ether oxygens (including phenoxy) is 2. The van der Waals surface area contributed by atoms with Crippen molar-refractivity contribution in [3.8, 4) is 11.5 Å². The fourth-order valence-corrected chi connectivity index (χ4v) is 6.23. The van der Waals surface area contributed by atoms with E-state index in [0.717, 1.165) is 12.1 Å². The van der Waals surface area contributed by atoms with Crippen molar-refractivity contribution < 1.29 is 31.2 Å². The number of piperazine rings is 1. The standard InChI is InChI=1S/C18H19N3O8S2/c22-21(23)14-1-3-15(4-2-14)30(24,25)19-7-9-20(10-8-19)31(26,27)16-5-6-17-18(13-16)29-12-11-28-17/h1-6,13H,7-12H2. The van der Waals surface area contributed by atoms with Gasteiger partial charge in [0.2, 0.25) is 20.0 Å². The first kappa shape index (κ1) is 21.5. The summed E-state index contributed by atoms with van der Waals surface area (Å²) in [5.74, 6) is 0.830. The van der Waals surface area contributed by atoms with E-state index in [1.54, 1.807) is 0 Å². The van der Waals surface area contributed by atoms with Crippen LogP contribution in [0.15, 0.2) is 52.3 Å². The largest absolute Gasteiger partial charge is 0.486 e. The van der Waals surface area contributed by atoms with E-state index in [-0.39, 0.29) is 41.7 Å². The third-order valence-electron chi connectivity index (χ3n) is 5.03. The first-order valence-corrected chi connectivity index (χ1v) is 12.2. The van der Waals surface area contributed by atoms with Gasteiger partial charge in [0.15, 0.2) is 11.5 Å². The normalized spacial score (nSPS) is 17.9. The molecule has 166 valence electrons. The number of nitrogens with zero attached hydrogens (tertiary/aromatic N) is 3. The highest BCUT2D eigenvalue weighted by atomic mass is 32.2. The van der Waals surface area contributed by atoms with Gasteiger partial charge in [0.1, 0.15) is 13.2 Å². The molecular formula is C18H19N3O8S2. The maximum Gasteiger partial charge on any atom is 0.269 e. The van der Waals surface area contributed by atoms with Gasteiger partial charge in [-0.2, -0.15) is 8.61 Å². The minimum atomic E-state index is -3.90. The lowest BCUT2D eigenvalue weighted by Gasteiger charge is -2.33. The molecule has 1 fully saturated rings. The van der Waals surface area contributed by atoms with Crippen LogP contribution in [0.5, 0.6) is 11.5 Å². The van der Waals surface area contributed by atoms with E-state index < -0.39 is 25.0 Å². The van der Waals surface area contributed by atoms with Crippen molar-refractivity contribution in [1.82, 2.24) is 8.61 Å². The van der Waals surface area contributed by atoms with Crippen molar-refractivity contribution in [1.29, 1.82) is 0 Å². The SMILES string of the molecule is O=[N+]([O-])c1ccc(S(=O)(=O)N2CCN(S(=O)(=O)c3ccc4c(c3)OCCO4)CC2)cc1. The van der Waals surface area contributed by atoms with Crippen LogP contribution in [-0.2, 0) is 20.0 Å². The molecular weight excluding hydrogens is 450 g/mol. The first-order valence-electron chi connectivity index (χ1n) is 9.34. The van der Waals surface area contributed by atoms with Crippen molar-refractivity contribution in [2.24, 2.45) is 0 Å². The Morgan fingerprint density at radius 1 is 0.742 bits per heavy atom. The van der Waals surface area contributed by atoms with Crippen molar-refractivity contribution in [3.63, 3.8) is 0 Å². The Morgan fingerprint density at radius 3 is 1.77 bits per heavy atom. The third-order valence-corrected chi connectivity index (χ3v) is 8.84. The van der Waals surface area contributed by atoms with E-state index >= 15 is 0 Å². The number of rotatable bonds is 5. The van der Waals surface area contributed by atoms with E-state index in [1.165, 1.54) is 38.9 Å². The summed E-state index contributed by atoms with van der Waals surface area (Å²) >= 11 is 0. The molecule has 2 aromatic carbocycles. The molecule has 0 saturated carbocycles. The number of nitro groups is 1. The van der Waals surface area contributed by atoms with Crippen LogP contribution in [0.1, 0.15) is 0 Å². The van der Waals surface area contributed by atoms with Gasteiger partial charge >= 0.3 is 0 Å². The maximum absolute atomic E-state index is 13.0. The van der Waals surface area contributed by atoms with Crippen LogP contribution in [-0.4, -0.2) is 69.8 Å². The molecule has 0 spiro atoms. The fourth-order valence-electron chi connectivity index (χ4n) is 3.37. The van der Waals surface area contributed by atoms with Crippen LogP contribution in [0.2, 0.25) is 0 Å². The van der Waals surface area contributed by atoms with Crippen LogP contribution in [0, 0.1) is 10.1 Å². The molecule has 2 aromatic rings. The van der Waals surface area contributed by atoms with E-state index in [0.29, 0.717) is 24.7 Å². The Hall–Kier alpha value is -2.74. The van der Waals surface area contributed by atoms with Crippen LogP contribution in [0.4, 0.5) is 5.69 Å². The second kappa shape index (κ2) is 8.07. The zero-order chi connectivity index (χ0) is 22.2. The molecule has 0 bridgehead atoms. The minimum Gasteiger partial charge on any atom is -0.486 e. The molecule has 1 saturated heterocycles. The topological polar surface area (TPSA) is 136 Å². The van der Waals surface area contributed by atoms with Gasteiger partial charge in [-0.3, -0.25) is 10.1 Å². The number of hydrogen-bond donors (Lipinski definition) is 0. The summed E-state index contributed by atoms with van der Waals surface area (Å²) in [4.78, 5) is 10.1. The predicted molar refractivity (Wildman–Crippen MR) is 108 cm³/mol. The Kier molecular flexibility index (Phi) is 5.60. The fraction of sp³-hybridized carbons (Fsp3) is 0.333. The molecule has 0 aromatic heterocycles. The first-order chi connectivity index (χ1) is 14.7. The van der Waals surface area contributed by atoms with E-state index in [2.05, 4.69) is 0 Å². The van der Waals surface area contributed by atoms with Crippen LogP contribution >= 0.6 is 0 Å². The summed E-state index contributed by atoms with van der Waals surface area (Å²) in [7, 11) is -7.74. The molecule has 0 N–H and O–H groups in total. The van der Waals surface area contributed by atoms with Crippen molar-refractivity contribution >= 4 is 25.7 Å². The number of nitro benzene ring substituents is 1.